The van der Waals surface area contributed by atoms with Crippen LogP contribution in [-0.2, 0) is 11.3 Å². The van der Waals surface area contributed by atoms with Crippen molar-refractivity contribution in [1.82, 2.24) is 4.98 Å². The first-order chi connectivity index (χ1) is 7.64. The molecule has 0 aromatic carbocycles. The molecule has 2 nitrogen and oxygen atoms in total. The van der Waals surface area contributed by atoms with Crippen LogP contribution in [0.2, 0.25) is 0 Å². The minimum absolute atomic E-state index is 0.102. The number of thioether (sulfide) groups is 1. The van der Waals surface area contributed by atoms with E-state index in [1.807, 2.05) is 13.8 Å². The van der Waals surface area contributed by atoms with Gasteiger partial charge in [-0.15, -0.1) is 11.3 Å². The second kappa shape index (κ2) is 5.16. The van der Waals surface area contributed by atoms with Gasteiger partial charge in [0, 0.05) is 11.1 Å². The van der Waals surface area contributed by atoms with E-state index in [4.69, 9.17) is 5.73 Å². The molecule has 0 bridgehead atoms. The van der Waals surface area contributed by atoms with Crippen molar-refractivity contribution >= 4 is 23.1 Å². The van der Waals surface area contributed by atoms with Gasteiger partial charge in [0.1, 0.15) is 5.01 Å². The summed E-state index contributed by atoms with van der Waals surface area (Å²) in [6.07, 6.45) is -4.48. The molecule has 1 unspecified atom stereocenters. The number of hydrogen-bond donors (Lipinski definition) is 1. The monoisotopic (exact) mass is 284 g/mol. The molecule has 0 amide bonds. The summed E-state index contributed by atoms with van der Waals surface area (Å²) < 4.78 is 38.0. The second-order valence-corrected chi connectivity index (χ2v) is 6.69. The maximum absolute atomic E-state index is 12.7. The van der Waals surface area contributed by atoms with Crippen LogP contribution in [0.3, 0.4) is 0 Å². The van der Waals surface area contributed by atoms with E-state index in [1.165, 1.54) is 16.7 Å². The Labute approximate surface area is 107 Å². The highest BCUT2D eigenvalue weighted by atomic mass is 32.2. The molecule has 0 spiro atoms. The number of halogens is 3. The van der Waals surface area contributed by atoms with Gasteiger partial charge in [0.2, 0.25) is 0 Å². The molecule has 1 aromatic heterocycles. The molecule has 17 heavy (non-hydrogen) atoms. The minimum Gasteiger partial charge on any atom is -0.313 e. The summed E-state index contributed by atoms with van der Waals surface area (Å²) in [6, 6.07) is 0. The fraction of sp³-hybridized carbons (Fsp3) is 0.700. The fourth-order valence-corrected chi connectivity index (χ4v) is 2.71. The van der Waals surface area contributed by atoms with Crippen LogP contribution in [0.5, 0.6) is 0 Å². The third-order valence-electron chi connectivity index (χ3n) is 2.21. The van der Waals surface area contributed by atoms with Crippen LogP contribution < -0.4 is 5.73 Å². The molecule has 7 heteroatoms. The lowest BCUT2D eigenvalue weighted by Gasteiger charge is -2.25. The van der Waals surface area contributed by atoms with Crippen LogP contribution in [0, 0.1) is 0 Å². The molecule has 0 saturated heterocycles. The summed E-state index contributed by atoms with van der Waals surface area (Å²) in [5.74, 6) is 0.621. The van der Waals surface area contributed by atoms with Gasteiger partial charge in [0.15, 0.2) is 5.54 Å². The predicted molar refractivity (Wildman–Crippen MR) is 66.1 cm³/mol. The molecule has 1 heterocycles. The van der Waals surface area contributed by atoms with Gasteiger partial charge in [0.05, 0.1) is 5.69 Å². The summed E-state index contributed by atoms with van der Waals surface area (Å²) >= 11 is 2.86. The topological polar surface area (TPSA) is 38.9 Å². The smallest absolute Gasteiger partial charge is 0.313 e. The standard InChI is InChI=1S/C10H15F3N2S2/c1-6(2)16-5-8-15-7(4-17-8)9(3,14)10(11,12)13/h4,6H,5,14H2,1-3H3. The quantitative estimate of drug-likeness (QED) is 0.919. The third-order valence-corrected chi connectivity index (χ3v) is 4.35. The molecule has 0 aliphatic rings. The van der Waals surface area contributed by atoms with Crippen molar-refractivity contribution in [2.75, 3.05) is 0 Å². The van der Waals surface area contributed by atoms with Crippen molar-refractivity contribution < 1.29 is 13.2 Å². The van der Waals surface area contributed by atoms with Gasteiger partial charge in [-0.3, -0.25) is 0 Å². The molecule has 0 radical (unpaired) electrons. The third kappa shape index (κ3) is 3.59. The van der Waals surface area contributed by atoms with Crippen molar-refractivity contribution in [3.8, 4) is 0 Å². The number of aromatic nitrogens is 1. The normalized spacial score (nSPS) is 16.2. The Hall–Kier alpha value is -0.270. The van der Waals surface area contributed by atoms with Gasteiger partial charge in [0.25, 0.3) is 0 Å². The van der Waals surface area contributed by atoms with E-state index in [-0.39, 0.29) is 5.69 Å². The predicted octanol–water partition coefficient (Wildman–Crippen LogP) is 3.52. The SMILES string of the molecule is CC(C)SCc1nc(C(C)(N)C(F)(F)F)cs1. The van der Waals surface area contributed by atoms with Crippen LogP contribution in [0.4, 0.5) is 13.2 Å². The summed E-state index contributed by atoms with van der Waals surface area (Å²) in [7, 11) is 0. The van der Waals surface area contributed by atoms with Gasteiger partial charge >= 0.3 is 6.18 Å². The summed E-state index contributed by atoms with van der Waals surface area (Å²) in [5, 5.41) is 2.50. The lowest BCUT2D eigenvalue weighted by molar-refractivity contribution is -0.185. The van der Waals surface area contributed by atoms with E-state index in [1.54, 1.807) is 11.8 Å². The summed E-state index contributed by atoms with van der Waals surface area (Å²) in [5.41, 5.74) is 2.82. The molecular weight excluding hydrogens is 269 g/mol. The van der Waals surface area contributed by atoms with E-state index < -0.39 is 11.7 Å². The largest absolute Gasteiger partial charge is 0.411 e. The molecule has 1 atom stereocenters. The lowest BCUT2D eigenvalue weighted by Crippen LogP contribution is -2.47. The van der Waals surface area contributed by atoms with Gasteiger partial charge in [-0.05, 0) is 12.2 Å². The van der Waals surface area contributed by atoms with E-state index in [2.05, 4.69) is 4.98 Å². The van der Waals surface area contributed by atoms with Gasteiger partial charge in [-0.1, -0.05) is 13.8 Å². The highest BCUT2D eigenvalue weighted by molar-refractivity contribution is 7.99. The molecule has 2 N–H and O–H groups in total. The highest BCUT2D eigenvalue weighted by Crippen LogP contribution is 2.37. The molecule has 0 saturated carbocycles. The molecule has 0 fully saturated rings. The maximum Gasteiger partial charge on any atom is 0.411 e. The average Bonchev–Trinajstić information content (AvgIpc) is 2.61. The number of nitrogens with two attached hydrogens (primary N) is 1. The van der Waals surface area contributed by atoms with Crippen molar-refractivity contribution in [1.29, 1.82) is 0 Å². The van der Waals surface area contributed by atoms with Crippen LogP contribution >= 0.6 is 23.1 Å². The summed E-state index contributed by atoms with van der Waals surface area (Å²) in [6.45, 7) is 5.01. The number of thiazole rings is 1. The minimum atomic E-state index is -4.48. The van der Waals surface area contributed by atoms with Crippen molar-refractivity contribution in [2.24, 2.45) is 5.73 Å². The Kier molecular flexibility index (Phi) is 4.49. The molecule has 98 valence electrons. The van der Waals surface area contributed by atoms with E-state index in [9.17, 15) is 13.2 Å². The zero-order valence-corrected chi connectivity index (χ0v) is 11.5. The lowest BCUT2D eigenvalue weighted by atomic mass is 10.00. The molecule has 1 aromatic rings. The molecule has 1 rings (SSSR count). The van der Waals surface area contributed by atoms with Crippen LogP contribution in [0.1, 0.15) is 31.5 Å². The highest BCUT2D eigenvalue weighted by Gasteiger charge is 2.50. The fourth-order valence-electron chi connectivity index (χ4n) is 0.999. The Balaban J connectivity index is 2.81. The van der Waals surface area contributed by atoms with Crippen molar-refractivity contribution in [2.45, 2.75) is 43.5 Å². The van der Waals surface area contributed by atoms with Gasteiger partial charge < -0.3 is 5.73 Å². The van der Waals surface area contributed by atoms with E-state index >= 15 is 0 Å². The zero-order chi connectivity index (χ0) is 13.3. The van der Waals surface area contributed by atoms with Gasteiger partial charge in [-0.25, -0.2) is 4.98 Å². The van der Waals surface area contributed by atoms with E-state index in [0.717, 1.165) is 6.92 Å². The van der Waals surface area contributed by atoms with Crippen molar-refractivity contribution in [3.63, 3.8) is 0 Å². The molecule has 0 aliphatic carbocycles. The Bertz CT molecular complexity index is 372. The van der Waals surface area contributed by atoms with Crippen LogP contribution in [0.25, 0.3) is 0 Å². The van der Waals surface area contributed by atoms with Crippen molar-refractivity contribution in [3.05, 3.63) is 16.1 Å². The van der Waals surface area contributed by atoms with Crippen LogP contribution in [0.15, 0.2) is 5.38 Å². The van der Waals surface area contributed by atoms with Crippen LogP contribution in [-0.4, -0.2) is 16.4 Å². The number of alkyl halides is 3. The Morgan fingerprint density at radius 1 is 1.47 bits per heavy atom. The first-order valence-corrected chi connectivity index (χ1v) is 6.99. The Morgan fingerprint density at radius 3 is 2.53 bits per heavy atom. The first-order valence-electron chi connectivity index (χ1n) is 5.06. The second-order valence-electron chi connectivity index (χ2n) is 4.19. The number of hydrogen-bond acceptors (Lipinski definition) is 4. The summed E-state index contributed by atoms with van der Waals surface area (Å²) in [4.78, 5) is 3.97. The number of nitrogens with zero attached hydrogens (tertiary/aromatic N) is 1. The Morgan fingerprint density at radius 2 is 2.06 bits per heavy atom. The molecule has 0 aliphatic heterocycles. The number of rotatable bonds is 4. The van der Waals surface area contributed by atoms with Gasteiger partial charge in [-0.2, -0.15) is 24.9 Å². The average molecular weight is 284 g/mol. The zero-order valence-electron chi connectivity index (χ0n) is 9.84. The maximum atomic E-state index is 12.7. The first kappa shape index (κ1) is 14.8. The molecular formula is C10H15F3N2S2. The van der Waals surface area contributed by atoms with E-state index in [0.29, 0.717) is 16.0 Å².